The van der Waals surface area contributed by atoms with Crippen LogP contribution in [0.4, 0.5) is 5.82 Å². The van der Waals surface area contributed by atoms with E-state index in [9.17, 15) is 0 Å². The van der Waals surface area contributed by atoms with Gasteiger partial charge in [0.25, 0.3) is 0 Å². The van der Waals surface area contributed by atoms with Gasteiger partial charge in [-0.15, -0.1) is 0 Å². The molecule has 5 nitrogen and oxygen atoms in total. The van der Waals surface area contributed by atoms with Crippen LogP contribution in [0.1, 0.15) is 28.7 Å². The molecule has 0 bridgehead atoms. The molecule has 0 saturated carbocycles. The molecule has 2 heterocycles. The normalized spacial score (nSPS) is 15.3. The number of nitrogens with one attached hydrogen (secondary N) is 1. The lowest BCUT2D eigenvalue weighted by Crippen LogP contribution is -2.19. The van der Waals surface area contributed by atoms with Crippen LogP contribution in [0.2, 0.25) is 0 Å². The summed E-state index contributed by atoms with van der Waals surface area (Å²) >= 11 is 0. The zero-order valence-electron chi connectivity index (χ0n) is 12.3. The molecule has 0 radical (unpaired) electrons. The third-order valence-corrected chi connectivity index (χ3v) is 3.65. The fourth-order valence-corrected chi connectivity index (χ4v) is 2.59. The second-order valence-electron chi connectivity index (χ2n) is 4.93. The molecule has 5 heteroatoms. The lowest BCUT2D eigenvalue weighted by molar-refractivity contribution is 0.106. The smallest absolute Gasteiger partial charge is 0.164 e. The van der Waals surface area contributed by atoms with Crippen LogP contribution in [-0.4, -0.2) is 30.7 Å². The van der Waals surface area contributed by atoms with Crippen LogP contribution in [-0.2, 0) is 22.5 Å². The van der Waals surface area contributed by atoms with E-state index in [1.54, 1.807) is 7.11 Å². The van der Waals surface area contributed by atoms with Crippen molar-refractivity contribution in [1.29, 1.82) is 0 Å². The van der Waals surface area contributed by atoms with Gasteiger partial charge in [0.2, 0.25) is 0 Å². The first-order valence-electron chi connectivity index (χ1n) is 7.06. The van der Waals surface area contributed by atoms with Gasteiger partial charge in [0.15, 0.2) is 5.82 Å². The zero-order valence-corrected chi connectivity index (χ0v) is 12.3. The number of ether oxygens (including phenoxy) is 2. The molecule has 110 valence electrons. The molecule has 1 aromatic carbocycles. The molecule has 0 saturated heterocycles. The van der Waals surface area contributed by atoms with E-state index in [-0.39, 0.29) is 6.10 Å². The largest absolute Gasteiger partial charge is 0.376 e. The van der Waals surface area contributed by atoms with Crippen molar-refractivity contribution in [2.45, 2.75) is 19.1 Å². The Kier molecular flexibility index (Phi) is 4.13. The van der Waals surface area contributed by atoms with Crippen molar-refractivity contribution >= 4 is 5.82 Å². The maximum atomic E-state index is 5.63. The molecule has 1 atom stereocenters. The van der Waals surface area contributed by atoms with E-state index in [2.05, 4.69) is 10.3 Å². The van der Waals surface area contributed by atoms with Gasteiger partial charge in [-0.1, -0.05) is 30.3 Å². The van der Waals surface area contributed by atoms with E-state index in [0.717, 1.165) is 29.1 Å². The molecular weight excluding hydrogens is 266 g/mol. The Morgan fingerprint density at radius 3 is 2.76 bits per heavy atom. The molecule has 21 heavy (non-hydrogen) atoms. The Morgan fingerprint density at radius 1 is 1.24 bits per heavy atom. The highest BCUT2D eigenvalue weighted by molar-refractivity contribution is 5.47. The molecule has 1 aliphatic heterocycles. The molecular formula is C16H19N3O2. The van der Waals surface area contributed by atoms with E-state index in [1.165, 1.54) is 0 Å². The molecule has 3 rings (SSSR count). The number of hydrogen-bond donors (Lipinski definition) is 1. The minimum atomic E-state index is -0.258. The minimum Gasteiger partial charge on any atom is -0.376 e. The maximum absolute atomic E-state index is 5.63. The van der Waals surface area contributed by atoms with Crippen LogP contribution in [0, 0.1) is 0 Å². The summed E-state index contributed by atoms with van der Waals surface area (Å²) in [5, 5.41) is 3.14. The maximum Gasteiger partial charge on any atom is 0.164 e. The fraction of sp³-hybridized carbons (Fsp3) is 0.375. The predicted molar refractivity (Wildman–Crippen MR) is 80.2 cm³/mol. The summed E-state index contributed by atoms with van der Waals surface area (Å²) in [6.07, 6.45) is 0.552. The number of benzene rings is 1. The van der Waals surface area contributed by atoms with Gasteiger partial charge >= 0.3 is 0 Å². The van der Waals surface area contributed by atoms with Crippen molar-refractivity contribution < 1.29 is 9.47 Å². The van der Waals surface area contributed by atoms with Crippen molar-refractivity contribution in [1.82, 2.24) is 9.97 Å². The summed E-state index contributed by atoms with van der Waals surface area (Å²) < 4.78 is 11.1. The zero-order chi connectivity index (χ0) is 14.7. The van der Waals surface area contributed by atoms with Gasteiger partial charge in [0.1, 0.15) is 11.9 Å². The summed E-state index contributed by atoms with van der Waals surface area (Å²) in [4.78, 5) is 9.34. The van der Waals surface area contributed by atoms with Crippen molar-refractivity contribution in [3.05, 3.63) is 53.0 Å². The van der Waals surface area contributed by atoms with Gasteiger partial charge in [-0.3, -0.25) is 0 Å². The van der Waals surface area contributed by atoms with Crippen LogP contribution in [0.3, 0.4) is 0 Å². The molecule has 2 aromatic rings. The lowest BCUT2D eigenvalue weighted by atomic mass is 10.1. The Labute approximate surface area is 124 Å². The van der Waals surface area contributed by atoms with Crippen LogP contribution in [0.15, 0.2) is 30.3 Å². The summed E-state index contributed by atoms with van der Waals surface area (Å²) in [5.74, 6) is 1.52. The average Bonchev–Trinajstić information content (AvgIpc) is 2.56. The van der Waals surface area contributed by atoms with Gasteiger partial charge in [-0.25, -0.2) is 9.97 Å². The standard InChI is InChI=1S/C16H19N3O2/c1-17-15-12-10-21-9-8-13(12)18-16(19-15)14(20-2)11-6-4-3-5-7-11/h3-7,14H,8-10H2,1-2H3,(H,17,18,19). The quantitative estimate of drug-likeness (QED) is 0.934. The number of aromatic nitrogens is 2. The fourth-order valence-electron chi connectivity index (χ4n) is 2.59. The number of rotatable bonds is 4. The number of nitrogens with zero attached hydrogens (tertiary/aromatic N) is 2. The third kappa shape index (κ3) is 2.75. The van der Waals surface area contributed by atoms with Gasteiger partial charge in [-0.05, 0) is 5.56 Å². The van der Waals surface area contributed by atoms with Crippen molar-refractivity contribution in [2.24, 2.45) is 0 Å². The number of fused-ring (bicyclic) bond motifs is 1. The summed E-state index contributed by atoms with van der Waals surface area (Å²) in [6.45, 7) is 1.27. The summed E-state index contributed by atoms with van der Waals surface area (Å²) in [6, 6.07) is 10.0. The summed E-state index contributed by atoms with van der Waals surface area (Å²) in [5.41, 5.74) is 3.15. The first-order valence-corrected chi connectivity index (χ1v) is 7.06. The van der Waals surface area contributed by atoms with E-state index in [0.29, 0.717) is 19.0 Å². The van der Waals surface area contributed by atoms with Gasteiger partial charge in [-0.2, -0.15) is 0 Å². The van der Waals surface area contributed by atoms with Crippen molar-refractivity contribution in [3.63, 3.8) is 0 Å². The second-order valence-corrected chi connectivity index (χ2v) is 4.93. The predicted octanol–water partition coefficient (Wildman–Crippen LogP) is 2.33. The van der Waals surface area contributed by atoms with Crippen molar-refractivity contribution in [3.8, 4) is 0 Å². The highest BCUT2D eigenvalue weighted by Crippen LogP contribution is 2.28. The number of hydrogen-bond acceptors (Lipinski definition) is 5. The Morgan fingerprint density at radius 2 is 2.05 bits per heavy atom. The van der Waals surface area contributed by atoms with Gasteiger partial charge in [0.05, 0.1) is 18.9 Å². The van der Waals surface area contributed by atoms with Gasteiger partial charge in [0, 0.05) is 26.1 Å². The molecule has 0 amide bonds. The molecule has 1 N–H and O–H groups in total. The SMILES string of the molecule is CNc1nc(C(OC)c2ccccc2)nc2c1COCC2. The Bertz CT molecular complexity index is 599. The average molecular weight is 285 g/mol. The van der Waals surface area contributed by atoms with Crippen LogP contribution < -0.4 is 5.32 Å². The Hall–Kier alpha value is -1.98. The first kappa shape index (κ1) is 14.0. The Balaban J connectivity index is 2.05. The third-order valence-electron chi connectivity index (χ3n) is 3.65. The second kappa shape index (κ2) is 6.20. The first-order chi connectivity index (χ1) is 10.3. The topological polar surface area (TPSA) is 56.3 Å². The minimum absolute atomic E-state index is 0.258. The molecule has 0 spiro atoms. The molecule has 0 aliphatic carbocycles. The molecule has 1 aromatic heterocycles. The highest BCUT2D eigenvalue weighted by atomic mass is 16.5. The summed E-state index contributed by atoms with van der Waals surface area (Å²) in [7, 11) is 3.55. The van der Waals surface area contributed by atoms with E-state index >= 15 is 0 Å². The molecule has 1 unspecified atom stereocenters. The number of methoxy groups -OCH3 is 1. The van der Waals surface area contributed by atoms with Crippen LogP contribution >= 0.6 is 0 Å². The van der Waals surface area contributed by atoms with E-state index in [4.69, 9.17) is 14.5 Å². The van der Waals surface area contributed by atoms with Crippen LogP contribution in [0.25, 0.3) is 0 Å². The molecule has 1 aliphatic rings. The monoisotopic (exact) mass is 285 g/mol. The highest BCUT2D eigenvalue weighted by Gasteiger charge is 2.22. The van der Waals surface area contributed by atoms with E-state index < -0.39 is 0 Å². The molecule has 0 fully saturated rings. The van der Waals surface area contributed by atoms with Crippen molar-refractivity contribution in [2.75, 3.05) is 26.1 Å². The van der Waals surface area contributed by atoms with Gasteiger partial charge < -0.3 is 14.8 Å². The lowest BCUT2D eigenvalue weighted by Gasteiger charge is -2.22. The van der Waals surface area contributed by atoms with Crippen LogP contribution in [0.5, 0.6) is 0 Å². The number of anilines is 1. The van der Waals surface area contributed by atoms with E-state index in [1.807, 2.05) is 37.4 Å².